The zero-order valence-electron chi connectivity index (χ0n) is 9.53. The highest BCUT2D eigenvalue weighted by Gasteiger charge is 2.16. The second-order valence-corrected chi connectivity index (χ2v) is 4.58. The van der Waals surface area contributed by atoms with E-state index >= 15 is 0 Å². The topological polar surface area (TPSA) is 29.0 Å². The summed E-state index contributed by atoms with van der Waals surface area (Å²) < 4.78 is 2.18. The van der Waals surface area contributed by atoms with Crippen LogP contribution in [0.25, 0.3) is 10.9 Å². The van der Waals surface area contributed by atoms with Crippen LogP contribution in [-0.4, -0.2) is 24.2 Å². The van der Waals surface area contributed by atoms with E-state index in [-0.39, 0.29) is 0 Å². The normalized spacial score (nSPS) is 16.3. The first kappa shape index (κ1) is 9.73. The monoisotopic (exact) mass is 215 g/mol. The third kappa shape index (κ3) is 1.57. The lowest BCUT2D eigenvalue weighted by Gasteiger charge is -2.27. The molecule has 3 rings (SSSR count). The summed E-state index contributed by atoms with van der Waals surface area (Å²) in [6.07, 6.45) is 2.18. The second kappa shape index (κ2) is 3.83. The lowest BCUT2D eigenvalue weighted by atomic mass is 10.0. The molecule has 0 aliphatic carbocycles. The number of aryl methyl sites for hydroxylation is 1. The van der Waals surface area contributed by atoms with Crippen molar-refractivity contribution < 1.29 is 0 Å². The van der Waals surface area contributed by atoms with Gasteiger partial charge in [-0.25, -0.2) is 0 Å². The van der Waals surface area contributed by atoms with Gasteiger partial charge in [-0.3, -0.25) is 0 Å². The van der Waals surface area contributed by atoms with Crippen LogP contribution in [0.1, 0.15) is 0 Å². The number of nitrogens with one attached hydrogen (secondary N) is 2. The summed E-state index contributed by atoms with van der Waals surface area (Å²) in [6.45, 7) is 3.37. The van der Waals surface area contributed by atoms with Crippen LogP contribution in [0.5, 0.6) is 0 Å². The fourth-order valence-electron chi connectivity index (χ4n) is 2.23. The summed E-state index contributed by atoms with van der Waals surface area (Å²) in [4.78, 5) is 0. The van der Waals surface area contributed by atoms with Crippen LogP contribution in [-0.2, 0) is 7.05 Å². The van der Waals surface area contributed by atoms with Crippen molar-refractivity contribution >= 4 is 16.6 Å². The van der Waals surface area contributed by atoms with Crippen molar-refractivity contribution in [3.8, 4) is 0 Å². The van der Waals surface area contributed by atoms with E-state index in [2.05, 4.69) is 52.7 Å². The Kier molecular flexibility index (Phi) is 2.33. The molecule has 1 saturated heterocycles. The molecule has 2 N–H and O–H groups in total. The highest BCUT2D eigenvalue weighted by Crippen LogP contribution is 2.25. The lowest BCUT2D eigenvalue weighted by Crippen LogP contribution is -2.45. The second-order valence-electron chi connectivity index (χ2n) is 4.58. The minimum atomic E-state index is 0.791. The van der Waals surface area contributed by atoms with Crippen molar-refractivity contribution in [2.24, 2.45) is 13.0 Å². The van der Waals surface area contributed by atoms with E-state index < -0.39 is 0 Å². The van der Waals surface area contributed by atoms with Gasteiger partial charge in [0.25, 0.3) is 0 Å². The molecule has 2 aromatic rings. The molecule has 2 heterocycles. The van der Waals surface area contributed by atoms with Crippen LogP contribution in [0, 0.1) is 5.92 Å². The summed E-state index contributed by atoms with van der Waals surface area (Å²) in [5, 5.41) is 8.16. The van der Waals surface area contributed by atoms with Gasteiger partial charge in [-0.05, 0) is 6.07 Å². The third-order valence-corrected chi connectivity index (χ3v) is 3.34. The molecule has 1 aromatic carbocycles. The fourth-order valence-corrected chi connectivity index (χ4v) is 2.23. The first-order valence-electron chi connectivity index (χ1n) is 5.83. The Balaban J connectivity index is 1.85. The van der Waals surface area contributed by atoms with Crippen molar-refractivity contribution in [3.63, 3.8) is 0 Å². The summed E-state index contributed by atoms with van der Waals surface area (Å²) in [6, 6.07) is 8.52. The van der Waals surface area contributed by atoms with Gasteiger partial charge >= 0.3 is 0 Å². The van der Waals surface area contributed by atoms with Gasteiger partial charge in [0.15, 0.2) is 0 Å². The summed E-state index contributed by atoms with van der Waals surface area (Å²) in [7, 11) is 2.10. The summed E-state index contributed by atoms with van der Waals surface area (Å²) >= 11 is 0. The van der Waals surface area contributed by atoms with Gasteiger partial charge in [0, 0.05) is 49.7 Å². The molecule has 3 nitrogen and oxygen atoms in total. The van der Waals surface area contributed by atoms with Crippen molar-refractivity contribution in [2.45, 2.75) is 0 Å². The van der Waals surface area contributed by atoms with Gasteiger partial charge in [0.1, 0.15) is 0 Å². The molecule has 3 heteroatoms. The number of para-hydroxylation sites is 1. The van der Waals surface area contributed by atoms with Crippen LogP contribution in [0.15, 0.2) is 30.5 Å². The maximum Gasteiger partial charge on any atom is 0.0600 e. The van der Waals surface area contributed by atoms with Crippen molar-refractivity contribution in [3.05, 3.63) is 30.5 Å². The van der Waals surface area contributed by atoms with Crippen LogP contribution in [0.3, 0.4) is 0 Å². The van der Waals surface area contributed by atoms with Gasteiger partial charge in [-0.15, -0.1) is 0 Å². The van der Waals surface area contributed by atoms with E-state index in [9.17, 15) is 0 Å². The molecule has 0 bridgehead atoms. The molecule has 1 aliphatic heterocycles. The number of aromatic nitrogens is 1. The number of nitrogens with zero attached hydrogens (tertiary/aromatic N) is 1. The number of hydrogen-bond donors (Lipinski definition) is 2. The average Bonchev–Trinajstić information content (AvgIpc) is 2.55. The van der Waals surface area contributed by atoms with Crippen molar-refractivity contribution in [1.82, 2.24) is 9.88 Å². The Morgan fingerprint density at radius 2 is 2.19 bits per heavy atom. The fraction of sp³-hybridized carbons (Fsp3) is 0.385. The Hall–Kier alpha value is -1.48. The van der Waals surface area contributed by atoms with Crippen molar-refractivity contribution in [2.75, 3.05) is 25.0 Å². The third-order valence-electron chi connectivity index (χ3n) is 3.34. The van der Waals surface area contributed by atoms with Gasteiger partial charge in [0.2, 0.25) is 0 Å². The summed E-state index contributed by atoms with van der Waals surface area (Å²) in [5.41, 5.74) is 2.54. The van der Waals surface area contributed by atoms with Crippen LogP contribution < -0.4 is 10.6 Å². The average molecular weight is 215 g/mol. The van der Waals surface area contributed by atoms with Gasteiger partial charge in [-0.1, -0.05) is 18.2 Å². The van der Waals surface area contributed by atoms with Gasteiger partial charge in [0.05, 0.1) is 5.69 Å². The molecule has 1 aliphatic rings. The standard InChI is InChI=1S/C13H17N3/c1-16-9-12(15-8-10-6-14-7-10)11-4-2-3-5-13(11)16/h2-5,9-10,14-15H,6-8H2,1H3. The van der Waals surface area contributed by atoms with Gasteiger partial charge in [-0.2, -0.15) is 0 Å². The molecule has 0 radical (unpaired) electrons. The maximum atomic E-state index is 3.55. The van der Waals surface area contributed by atoms with E-state index in [1.807, 2.05) is 0 Å². The van der Waals surface area contributed by atoms with Crippen LogP contribution in [0.4, 0.5) is 5.69 Å². The Morgan fingerprint density at radius 1 is 1.38 bits per heavy atom. The van der Waals surface area contributed by atoms with E-state index in [1.165, 1.54) is 16.6 Å². The molecule has 1 fully saturated rings. The van der Waals surface area contributed by atoms with E-state index in [4.69, 9.17) is 0 Å². The molecule has 0 unspecified atom stereocenters. The number of hydrogen-bond acceptors (Lipinski definition) is 2. The lowest BCUT2D eigenvalue weighted by molar-refractivity contribution is 0.365. The van der Waals surface area contributed by atoms with Crippen molar-refractivity contribution in [1.29, 1.82) is 0 Å². The maximum absolute atomic E-state index is 3.55. The Labute approximate surface area is 95.5 Å². The molecule has 84 valence electrons. The molecule has 1 aromatic heterocycles. The quantitative estimate of drug-likeness (QED) is 0.817. The summed E-state index contributed by atoms with van der Waals surface area (Å²) in [5.74, 6) is 0.791. The molecule has 0 atom stereocenters. The SMILES string of the molecule is Cn1cc(NCC2CNC2)c2ccccc21. The first-order chi connectivity index (χ1) is 7.84. The molecule has 16 heavy (non-hydrogen) atoms. The molecular weight excluding hydrogens is 198 g/mol. The van der Waals surface area contributed by atoms with E-state index in [1.54, 1.807) is 0 Å². The molecule has 0 amide bonds. The first-order valence-corrected chi connectivity index (χ1v) is 5.83. The highest BCUT2D eigenvalue weighted by molar-refractivity contribution is 5.92. The smallest absolute Gasteiger partial charge is 0.0600 e. The molecule has 0 spiro atoms. The van der Waals surface area contributed by atoms with E-state index in [0.29, 0.717) is 0 Å². The van der Waals surface area contributed by atoms with Crippen LogP contribution >= 0.6 is 0 Å². The number of benzene rings is 1. The largest absolute Gasteiger partial charge is 0.383 e. The zero-order chi connectivity index (χ0) is 11.0. The predicted molar refractivity (Wildman–Crippen MR) is 67.8 cm³/mol. The zero-order valence-corrected chi connectivity index (χ0v) is 9.53. The predicted octanol–water partition coefficient (Wildman–Crippen LogP) is 1.81. The minimum Gasteiger partial charge on any atom is -0.383 e. The van der Waals surface area contributed by atoms with Crippen LogP contribution in [0.2, 0.25) is 0 Å². The molecular formula is C13H17N3. The number of anilines is 1. The molecule has 0 saturated carbocycles. The number of rotatable bonds is 3. The highest BCUT2D eigenvalue weighted by atomic mass is 15.0. The van der Waals surface area contributed by atoms with E-state index in [0.717, 1.165) is 25.6 Å². The Morgan fingerprint density at radius 3 is 2.94 bits per heavy atom. The number of fused-ring (bicyclic) bond motifs is 1. The van der Waals surface area contributed by atoms with Gasteiger partial charge < -0.3 is 15.2 Å². The Bertz CT molecular complexity index is 497. The minimum absolute atomic E-state index is 0.791.